The molecule has 1 aromatic rings. The van der Waals surface area contributed by atoms with Crippen LogP contribution in [0.5, 0.6) is 0 Å². The summed E-state index contributed by atoms with van der Waals surface area (Å²) in [5.41, 5.74) is 1.37. The van der Waals surface area contributed by atoms with Gasteiger partial charge < -0.3 is 9.64 Å². The van der Waals surface area contributed by atoms with Gasteiger partial charge in [-0.05, 0) is 37.7 Å². The Labute approximate surface area is 143 Å². The average Bonchev–Trinajstić information content (AvgIpc) is 2.61. The van der Waals surface area contributed by atoms with E-state index in [0.717, 1.165) is 24.8 Å². The second kappa shape index (κ2) is 8.08. The van der Waals surface area contributed by atoms with Gasteiger partial charge in [-0.3, -0.25) is 9.59 Å². The number of carbonyl (C=O) groups excluding carboxylic acids is 3. The average molecular weight is 331 g/mol. The van der Waals surface area contributed by atoms with Gasteiger partial charge in [-0.2, -0.15) is 0 Å². The molecule has 0 bridgehead atoms. The molecule has 130 valence electrons. The highest BCUT2D eigenvalue weighted by Gasteiger charge is 2.28. The molecule has 0 radical (unpaired) electrons. The molecule has 0 aromatic heterocycles. The lowest BCUT2D eigenvalue weighted by Gasteiger charge is -2.28. The fraction of sp³-hybridized carbons (Fsp3) is 0.526. The van der Waals surface area contributed by atoms with E-state index in [-0.39, 0.29) is 11.5 Å². The van der Waals surface area contributed by atoms with E-state index in [1.807, 2.05) is 12.1 Å². The van der Waals surface area contributed by atoms with Crippen LogP contribution in [0.3, 0.4) is 0 Å². The summed E-state index contributed by atoms with van der Waals surface area (Å²) in [6.07, 6.45) is 2.11. The van der Waals surface area contributed by atoms with Crippen LogP contribution in [0.1, 0.15) is 61.9 Å². The van der Waals surface area contributed by atoms with Crippen molar-refractivity contribution in [3.05, 3.63) is 35.4 Å². The number of amides is 1. The van der Waals surface area contributed by atoms with Crippen molar-refractivity contribution in [1.82, 2.24) is 4.90 Å². The molecule has 2 rings (SSSR count). The van der Waals surface area contributed by atoms with Crippen molar-refractivity contribution in [2.24, 2.45) is 0 Å². The molecule has 0 spiro atoms. The van der Waals surface area contributed by atoms with Crippen molar-refractivity contribution in [2.75, 3.05) is 13.1 Å². The molecule has 1 fully saturated rings. The number of carbonyl (C=O) groups is 3. The first-order valence-corrected chi connectivity index (χ1v) is 8.54. The predicted octanol–water partition coefficient (Wildman–Crippen LogP) is 2.94. The minimum Gasteiger partial charge on any atom is -0.447 e. The minimum atomic E-state index is -0.981. The van der Waals surface area contributed by atoms with Crippen LogP contribution in [0.25, 0.3) is 0 Å². The number of esters is 1. The van der Waals surface area contributed by atoms with E-state index in [4.69, 9.17) is 4.74 Å². The third-order valence-electron chi connectivity index (χ3n) is 4.32. The molecular weight excluding hydrogens is 306 g/mol. The lowest BCUT2D eigenvalue weighted by Crippen LogP contribution is -2.43. The zero-order chi connectivity index (χ0) is 17.7. The number of benzene rings is 1. The molecule has 24 heavy (non-hydrogen) atoms. The molecule has 1 aliphatic heterocycles. The fourth-order valence-electron chi connectivity index (χ4n) is 2.77. The Morgan fingerprint density at radius 2 is 1.54 bits per heavy atom. The first-order chi connectivity index (χ1) is 11.4. The predicted molar refractivity (Wildman–Crippen MR) is 90.8 cm³/mol. The number of Topliss-reactive ketones (excluding diaryl/α,β-unsaturated/α-hetero) is 1. The first kappa shape index (κ1) is 18.2. The van der Waals surface area contributed by atoms with E-state index in [1.54, 1.807) is 17.0 Å². The number of piperidine rings is 1. The number of hydrogen-bond acceptors (Lipinski definition) is 4. The topological polar surface area (TPSA) is 63.7 Å². The Balaban J connectivity index is 1.95. The van der Waals surface area contributed by atoms with E-state index in [1.165, 1.54) is 6.92 Å². The SMILES string of the molecule is CC(OC(=O)C(=O)c1ccc(C(C)C)cc1)C(=O)N1CCCCC1. The number of nitrogens with zero attached hydrogens (tertiary/aromatic N) is 1. The summed E-state index contributed by atoms with van der Waals surface area (Å²) in [5.74, 6) is -1.58. The van der Waals surface area contributed by atoms with Gasteiger partial charge in [0.05, 0.1) is 0 Å². The molecular formula is C19H25NO4. The van der Waals surface area contributed by atoms with E-state index in [0.29, 0.717) is 19.0 Å². The van der Waals surface area contributed by atoms with Crippen LogP contribution >= 0.6 is 0 Å². The van der Waals surface area contributed by atoms with Crippen molar-refractivity contribution in [3.8, 4) is 0 Å². The summed E-state index contributed by atoms with van der Waals surface area (Å²) in [7, 11) is 0. The Kier molecular flexibility index (Phi) is 6.12. The van der Waals surface area contributed by atoms with E-state index in [9.17, 15) is 14.4 Å². The highest BCUT2D eigenvalue weighted by molar-refractivity contribution is 6.40. The van der Waals surface area contributed by atoms with Crippen molar-refractivity contribution < 1.29 is 19.1 Å². The van der Waals surface area contributed by atoms with Gasteiger partial charge in [0.15, 0.2) is 6.10 Å². The van der Waals surface area contributed by atoms with Gasteiger partial charge >= 0.3 is 5.97 Å². The number of ketones is 1. The van der Waals surface area contributed by atoms with Crippen LogP contribution in [0.2, 0.25) is 0 Å². The highest BCUT2D eigenvalue weighted by atomic mass is 16.6. The van der Waals surface area contributed by atoms with Gasteiger partial charge in [-0.1, -0.05) is 38.1 Å². The molecule has 0 aliphatic carbocycles. The van der Waals surface area contributed by atoms with Crippen molar-refractivity contribution in [2.45, 2.75) is 52.1 Å². The molecule has 0 N–H and O–H groups in total. The van der Waals surface area contributed by atoms with E-state index in [2.05, 4.69) is 13.8 Å². The smallest absolute Gasteiger partial charge is 0.380 e. The quantitative estimate of drug-likeness (QED) is 0.473. The van der Waals surface area contributed by atoms with E-state index < -0.39 is 17.9 Å². The lowest BCUT2D eigenvalue weighted by atomic mass is 10.0. The molecule has 0 saturated carbocycles. The maximum absolute atomic E-state index is 12.2. The summed E-state index contributed by atoms with van der Waals surface area (Å²) >= 11 is 0. The molecule has 5 heteroatoms. The van der Waals surface area contributed by atoms with Gasteiger partial charge in [0.1, 0.15) is 0 Å². The third kappa shape index (κ3) is 4.43. The van der Waals surface area contributed by atoms with Crippen molar-refractivity contribution in [1.29, 1.82) is 0 Å². The Bertz CT molecular complexity index is 600. The summed E-state index contributed by atoms with van der Waals surface area (Å²) < 4.78 is 5.08. The number of ether oxygens (including phenoxy) is 1. The Hall–Kier alpha value is -2.17. The normalized spacial score (nSPS) is 15.9. The standard InChI is InChI=1S/C19H25NO4/c1-13(2)15-7-9-16(10-8-15)17(21)19(23)24-14(3)18(22)20-11-5-4-6-12-20/h7-10,13-14H,4-6,11-12H2,1-3H3. The molecule has 1 unspecified atom stereocenters. The van der Waals surface area contributed by atoms with Crippen LogP contribution in [0.4, 0.5) is 0 Å². The van der Waals surface area contributed by atoms with Gasteiger partial charge in [0.2, 0.25) is 0 Å². The third-order valence-corrected chi connectivity index (χ3v) is 4.32. The summed E-state index contributed by atoms with van der Waals surface area (Å²) in [5, 5.41) is 0. The fourth-order valence-corrected chi connectivity index (χ4v) is 2.77. The van der Waals surface area contributed by atoms with Crippen LogP contribution in [-0.4, -0.2) is 41.8 Å². The minimum absolute atomic E-state index is 0.231. The monoisotopic (exact) mass is 331 g/mol. The molecule has 1 saturated heterocycles. The first-order valence-electron chi connectivity index (χ1n) is 8.54. The molecule has 1 atom stereocenters. The maximum Gasteiger partial charge on any atom is 0.380 e. The van der Waals surface area contributed by atoms with Crippen molar-refractivity contribution in [3.63, 3.8) is 0 Å². The summed E-state index contributed by atoms with van der Waals surface area (Å²) in [6.45, 7) is 7.00. The zero-order valence-corrected chi connectivity index (χ0v) is 14.6. The van der Waals surface area contributed by atoms with Crippen LogP contribution < -0.4 is 0 Å². The Morgan fingerprint density at radius 1 is 0.958 bits per heavy atom. The molecule has 1 amide bonds. The summed E-state index contributed by atoms with van der Waals surface area (Å²) in [4.78, 5) is 38.1. The number of likely N-dealkylation sites (tertiary alicyclic amines) is 1. The molecule has 1 heterocycles. The second-order valence-electron chi connectivity index (χ2n) is 6.54. The van der Waals surface area contributed by atoms with Gasteiger partial charge in [0.25, 0.3) is 11.7 Å². The highest BCUT2D eigenvalue weighted by Crippen LogP contribution is 2.16. The number of rotatable bonds is 5. The Morgan fingerprint density at radius 3 is 2.08 bits per heavy atom. The van der Waals surface area contributed by atoms with Crippen molar-refractivity contribution >= 4 is 17.7 Å². The summed E-state index contributed by atoms with van der Waals surface area (Å²) in [6, 6.07) is 6.90. The zero-order valence-electron chi connectivity index (χ0n) is 14.6. The van der Waals surface area contributed by atoms with Gasteiger partial charge in [0, 0.05) is 18.7 Å². The second-order valence-corrected chi connectivity index (χ2v) is 6.54. The molecule has 1 aromatic carbocycles. The van der Waals surface area contributed by atoms with Gasteiger partial charge in [-0.15, -0.1) is 0 Å². The molecule has 1 aliphatic rings. The largest absolute Gasteiger partial charge is 0.447 e. The number of hydrogen-bond donors (Lipinski definition) is 0. The van der Waals surface area contributed by atoms with Crippen LogP contribution in [0, 0.1) is 0 Å². The van der Waals surface area contributed by atoms with E-state index >= 15 is 0 Å². The van der Waals surface area contributed by atoms with Gasteiger partial charge in [-0.25, -0.2) is 4.79 Å². The maximum atomic E-state index is 12.2. The lowest BCUT2D eigenvalue weighted by molar-refractivity contribution is -0.155. The molecule has 5 nitrogen and oxygen atoms in total. The van der Waals surface area contributed by atoms with Crippen LogP contribution in [-0.2, 0) is 14.3 Å². The van der Waals surface area contributed by atoms with Crippen LogP contribution in [0.15, 0.2) is 24.3 Å².